The molecule has 0 aliphatic carbocycles. The topological polar surface area (TPSA) is 71.5 Å². The highest BCUT2D eigenvalue weighted by Crippen LogP contribution is 2.17. The van der Waals surface area contributed by atoms with E-state index in [1.165, 1.54) is 16.8 Å². The van der Waals surface area contributed by atoms with Gasteiger partial charge in [0, 0.05) is 25.8 Å². The zero-order valence-corrected chi connectivity index (χ0v) is 18.2. The van der Waals surface area contributed by atoms with Gasteiger partial charge in [0.1, 0.15) is 5.92 Å². The van der Waals surface area contributed by atoms with Crippen molar-refractivity contribution in [2.45, 2.75) is 47.7 Å². The van der Waals surface area contributed by atoms with Gasteiger partial charge in [-0.2, -0.15) is 0 Å². The minimum absolute atomic E-state index is 0. The highest BCUT2D eigenvalue weighted by molar-refractivity contribution is 6.00. The van der Waals surface area contributed by atoms with Gasteiger partial charge in [0.05, 0.1) is 18.8 Å². The largest absolute Gasteiger partial charge is 0.465 e. The molecule has 6 nitrogen and oxygen atoms in total. The number of rotatable bonds is 4. The molecule has 0 amide bonds. The van der Waals surface area contributed by atoms with E-state index in [0.29, 0.717) is 19.6 Å². The number of hydrogen-bond acceptors (Lipinski definition) is 6. The van der Waals surface area contributed by atoms with E-state index >= 15 is 0 Å². The Balaban J connectivity index is 0.000000632. The van der Waals surface area contributed by atoms with Crippen LogP contribution < -0.4 is 5.32 Å². The Hall–Kier alpha value is -2.28. The number of halogens is 1. The molecule has 1 fully saturated rings. The zero-order valence-electron chi connectivity index (χ0n) is 17.4. The molecular formula is C25H38ClN3O3. The lowest BCUT2D eigenvalue weighted by atomic mass is 9.95. The summed E-state index contributed by atoms with van der Waals surface area (Å²) in [6.45, 7) is 5.96. The quantitative estimate of drug-likeness (QED) is 0.544. The standard InChI is InChI=1S/C15H19NO3.C8H10N2.2CH4.ClH/c1-2-19-15(18)13-8-9-16(11-14(13)17)10-12-6-4-3-5-7-12;1-2-7-3-5-9-6-8(7)10-4-1;;;/h3-7,13H,2,8-11H2,1H3;1-2,4,9H,3,5-6H2;2*1H4;1H. The summed E-state index contributed by atoms with van der Waals surface area (Å²) in [4.78, 5) is 29.9. The van der Waals surface area contributed by atoms with Crippen LogP contribution in [0.5, 0.6) is 0 Å². The first-order valence-corrected chi connectivity index (χ1v) is 10.3. The van der Waals surface area contributed by atoms with Gasteiger partial charge >= 0.3 is 5.97 Å². The second-order valence-electron chi connectivity index (χ2n) is 7.29. The monoisotopic (exact) mass is 463 g/mol. The minimum atomic E-state index is -0.563. The lowest BCUT2D eigenvalue weighted by Gasteiger charge is -2.29. The van der Waals surface area contributed by atoms with Gasteiger partial charge in [-0.25, -0.2) is 0 Å². The highest BCUT2D eigenvalue weighted by atomic mass is 35.5. The van der Waals surface area contributed by atoms with Crippen molar-refractivity contribution in [3.8, 4) is 0 Å². The number of ether oxygens (including phenoxy) is 1. The van der Waals surface area contributed by atoms with Crippen molar-refractivity contribution >= 4 is 24.2 Å². The first-order valence-electron chi connectivity index (χ1n) is 10.3. The van der Waals surface area contributed by atoms with E-state index < -0.39 is 5.92 Å². The van der Waals surface area contributed by atoms with Crippen molar-refractivity contribution in [1.29, 1.82) is 0 Å². The molecule has 7 heteroatoms. The van der Waals surface area contributed by atoms with Gasteiger partial charge in [0.15, 0.2) is 5.78 Å². The van der Waals surface area contributed by atoms with Crippen LogP contribution in [0.4, 0.5) is 0 Å². The third-order valence-electron chi connectivity index (χ3n) is 5.17. The van der Waals surface area contributed by atoms with Crippen LogP contribution in [0.2, 0.25) is 0 Å². The molecule has 32 heavy (non-hydrogen) atoms. The molecule has 0 bridgehead atoms. The van der Waals surface area contributed by atoms with E-state index in [2.05, 4.69) is 21.3 Å². The Morgan fingerprint density at radius 3 is 2.59 bits per heavy atom. The lowest BCUT2D eigenvalue weighted by molar-refractivity contribution is -0.153. The molecule has 178 valence electrons. The maximum atomic E-state index is 12.0. The minimum Gasteiger partial charge on any atom is -0.465 e. The van der Waals surface area contributed by atoms with Crippen LogP contribution in [0.25, 0.3) is 0 Å². The van der Waals surface area contributed by atoms with Gasteiger partial charge < -0.3 is 10.1 Å². The molecule has 2 aliphatic rings. The summed E-state index contributed by atoms with van der Waals surface area (Å²) in [6, 6.07) is 14.2. The average Bonchev–Trinajstić information content (AvgIpc) is 2.75. The fourth-order valence-corrected chi connectivity index (χ4v) is 3.64. The van der Waals surface area contributed by atoms with Crippen LogP contribution in [-0.2, 0) is 33.8 Å². The third-order valence-corrected chi connectivity index (χ3v) is 5.17. The maximum Gasteiger partial charge on any atom is 0.316 e. The molecular weight excluding hydrogens is 426 g/mol. The van der Waals surface area contributed by atoms with Gasteiger partial charge in [-0.05, 0) is 43.5 Å². The Labute approximate surface area is 199 Å². The van der Waals surface area contributed by atoms with Crippen LogP contribution >= 0.6 is 12.4 Å². The summed E-state index contributed by atoms with van der Waals surface area (Å²) >= 11 is 0. The number of likely N-dealkylation sites (tertiary alicyclic amines) is 1. The Morgan fingerprint density at radius 2 is 1.94 bits per heavy atom. The summed E-state index contributed by atoms with van der Waals surface area (Å²) in [5.41, 5.74) is 3.81. The zero-order chi connectivity index (χ0) is 20.5. The van der Waals surface area contributed by atoms with Crippen LogP contribution in [0, 0.1) is 5.92 Å². The fourth-order valence-electron chi connectivity index (χ4n) is 3.64. The van der Waals surface area contributed by atoms with Crippen molar-refractivity contribution in [1.82, 2.24) is 15.2 Å². The van der Waals surface area contributed by atoms with Crippen LogP contribution in [0.15, 0.2) is 48.7 Å². The summed E-state index contributed by atoms with van der Waals surface area (Å²) < 4.78 is 4.93. The van der Waals surface area contributed by atoms with Crippen molar-refractivity contribution in [3.05, 3.63) is 65.5 Å². The van der Waals surface area contributed by atoms with Crippen LogP contribution in [0.1, 0.15) is 45.0 Å². The normalized spacial score (nSPS) is 17.2. The van der Waals surface area contributed by atoms with Crippen LogP contribution in [0.3, 0.4) is 0 Å². The Kier molecular flexibility index (Phi) is 14.4. The number of aromatic nitrogens is 1. The predicted octanol–water partition coefficient (Wildman–Crippen LogP) is 4.06. The number of carbonyl (C=O) groups excluding carboxylic acids is 2. The molecule has 1 unspecified atom stereocenters. The molecule has 1 aromatic carbocycles. The van der Waals surface area contributed by atoms with Crippen LogP contribution in [-0.4, -0.2) is 47.9 Å². The number of Topliss-reactive ketones (excluding diaryl/α,β-unsaturated/α-hetero) is 1. The number of carbonyl (C=O) groups is 2. The van der Waals surface area contributed by atoms with Crippen molar-refractivity contribution in [2.75, 3.05) is 26.2 Å². The van der Waals surface area contributed by atoms with Crippen molar-refractivity contribution < 1.29 is 14.3 Å². The molecule has 0 saturated carbocycles. The molecule has 4 rings (SSSR count). The molecule has 1 aromatic heterocycles. The number of fused-ring (bicyclic) bond motifs is 1. The summed E-state index contributed by atoms with van der Waals surface area (Å²) in [7, 11) is 0. The number of nitrogens with one attached hydrogen (secondary N) is 1. The number of benzene rings is 1. The van der Waals surface area contributed by atoms with E-state index in [-0.39, 0.29) is 39.0 Å². The highest BCUT2D eigenvalue weighted by Gasteiger charge is 2.33. The maximum absolute atomic E-state index is 12.0. The third kappa shape index (κ3) is 8.69. The predicted molar refractivity (Wildman–Crippen MR) is 132 cm³/mol. The molecule has 1 saturated heterocycles. The van der Waals surface area contributed by atoms with Crippen molar-refractivity contribution in [3.63, 3.8) is 0 Å². The van der Waals surface area contributed by atoms with E-state index in [0.717, 1.165) is 32.6 Å². The SMILES string of the molecule is C.C.CCOC(=O)C1CCN(Cc2ccccc2)CC1=O.Cl.c1cnc2c(c1)CCNC2. The average molecular weight is 464 g/mol. The van der Waals surface area contributed by atoms with Gasteiger partial charge in [0.25, 0.3) is 0 Å². The van der Waals surface area contributed by atoms with E-state index in [4.69, 9.17) is 4.74 Å². The van der Waals surface area contributed by atoms with Gasteiger partial charge in [-0.3, -0.25) is 19.5 Å². The van der Waals surface area contributed by atoms with E-state index in [1.54, 1.807) is 6.92 Å². The van der Waals surface area contributed by atoms with Gasteiger partial charge in [-0.15, -0.1) is 12.4 Å². The molecule has 1 atom stereocenters. The lowest BCUT2D eigenvalue weighted by Crippen LogP contribution is -2.43. The number of nitrogens with zero attached hydrogens (tertiary/aromatic N) is 2. The number of esters is 1. The number of pyridine rings is 1. The molecule has 1 N–H and O–H groups in total. The number of hydrogen-bond donors (Lipinski definition) is 1. The fraction of sp³-hybridized carbons (Fsp3) is 0.480. The molecule has 2 aliphatic heterocycles. The smallest absolute Gasteiger partial charge is 0.316 e. The summed E-state index contributed by atoms with van der Waals surface area (Å²) in [6.07, 6.45) is 3.54. The van der Waals surface area contributed by atoms with E-state index in [1.807, 2.05) is 42.6 Å². The van der Waals surface area contributed by atoms with Gasteiger partial charge in [-0.1, -0.05) is 51.3 Å². The number of ketones is 1. The van der Waals surface area contributed by atoms with Gasteiger partial charge in [0.2, 0.25) is 0 Å². The second-order valence-corrected chi connectivity index (χ2v) is 7.29. The Bertz CT molecular complexity index is 792. The molecule has 0 radical (unpaired) electrons. The molecule has 2 aromatic rings. The first kappa shape index (κ1) is 29.7. The van der Waals surface area contributed by atoms with E-state index in [9.17, 15) is 9.59 Å². The summed E-state index contributed by atoms with van der Waals surface area (Å²) in [5.74, 6) is -0.959. The van der Waals surface area contributed by atoms with Crippen molar-refractivity contribution in [2.24, 2.45) is 5.92 Å². The summed E-state index contributed by atoms with van der Waals surface area (Å²) in [5, 5.41) is 3.28. The Morgan fingerprint density at radius 1 is 1.19 bits per heavy atom. The second kappa shape index (κ2) is 15.5. The first-order chi connectivity index (χ1) is 14.2. The molecule has 0 spiro atoms. The molecule has 3 heterocycles. The number of piperidine rings is 1.